The Balaban J connectivity index is 1.41. The number of ether oxygens (including phenoxy) is 1. The molecule has 1 N–H and O–H groups in total. The maximum absolute atomic E-state index is 13.4. The lowest BCUT2D eigenvalue weighted by molar-refractivity contribution is -0.140. The van der Waals surface area contributed by atoms with Crippen LogP contribution in [0, 0.1) is 0 Å². The molecule has 172 valence electrons. The molecule has 3 aromatic heterocycles. The topological polar surface area (TPSA) is 95.6 Å². The predicted octanol–water partition coefficient (Wildman–Crippen LogP) is 3.48. The van der Waals surface area contributed by atoms with Gasteiger partial charge in [0.15, 0.2) is 0 Å². The number of thiophene rings is 1. The minimum Gasteiger partial charge on any atom is -0.382 e. The fourth-order valence-electron chi connectivity index (χ4n) is 4.11. The standard InChI is InChI=1S/C22H21ClN4O4S2/c1-31-13-18-11-26(33(29,30)22-7-14-2-3-16(23)8-20(14)32-22)12-21(28)27(18)10-17-6-15-9-24-5-4-19(15)25-17/h2-9,18,25H,10-13H2,1H3. The van der Waals surface area contributed by atoms with Gasteiger partial charge in [0.1, 0.15) is 4.21 Å². The average Bonchev–Trinajstić information content (AvgIpc) is 3.39. The van der Waals surface area contributed by atoms with Crippen LogP contribution in [0.25, 0.3) is 21.0 Å². The largest absolute Gasteiger partial charge is 0.382 e. The number of sulfonamides is 1. The summed E-state index contributed by atoms with van der Waals surface area (Å²) in [4.78, 5) is 22.2. The van der Waals surface area contributed by atoms with E-state index in [-0.39, 0.29) is 29.8 Å². The van der Waals surface area contributed by atoms with Gasteiger partial charge in [-0.3, -0.25) is 9.78 Å². The summed E-state index contributed by atoms with van der Waals surface area (Å²) in [6.45, 7) is 0.483. The smallest absolute Gasteiger partial charge is 0.253 e. The highest BCUT2D eigenvalue weighted by Gasteiger charge is 2.39. The summed E-state index contributed by atoms with van der Waals surface area (Å²) in [6, 6.07) is 10.3. The van der Waals surface area contributed by atoms with Crippen molar-refractivity contribution in [1.82, 2.24) is 19.2 Å². The van der Waals surface area contributed by atoms with Crippen molar-refractivity contribution in [2.75, 3.05) is 26.8 Å². The minimum atomic E-state index is -3.85. The van der Waals surface area contributed by atoms with Crippen molar-refractivity contribution in [1.29, 1.82) is 0 Å². The third-order valence-electron chi connectivity index (χ3n) is 5.72. The number of benzene rings is 1. The summed E-state index contributed by atoms with van der Waals surface area (Å²) >= 11 is 7.20. The van der Waals surface area contributed by atoms with E-state index in [1.54, 1.807) is 48.7 Å². The number of methoxy groups -OCH3 is 1. The number of nitrogens with one attached hydrogen (secondary N) is 1. The maximum Gasteiger partial charge on any atom is 0.253 e. The van der Waals surface area contributed by atoms with Crippen LogP contribution in [0.1, 0.15) is 5.69 Å². The second-order valence-corrected chi connectivity index (χ2v) is 11.6. The van der Waals surface area contributed by atoms with Gasteiger partial charge in [-0.05, 0) is 35.7 Å². The Hall–Kier alpha value is -2.50. The molecule has 1 saturated heterocycles. The first-order valence-corrected chi connectivity index (χ1v) is 12.9. The van der Waals surface area contributed by atoms with Crippen LogP contribution in [-0.4, -0.2) is 66.3 Å². The third-order valence-corrected chi connectivity index (χ3v) is 9.31. The molecule has 1 aliphatic rings. The van der Waals surface area contributed by atoms with Crippen LogP contribution < -0.4 is 0 Å². The summed E-state index contributed by atoms with van der Waals surface area (Å²) in [7, 11) is -2.31. The first-order valence-electron chi connectivity index (χ1n) is 10.2. The average molecular weight is 505 g/mol. The molecule has 1 amide bonds. The number of rotatable bonds is 6. The molecule has 0 saturated carbocycles. The van der Waals surface area contributed by atoms with Crippen LogP contribution >= 0.6 is 22.9 Å². The van der Waals surface area contributed by atoms with E-state index in [0.29, 0.717) is 11.6 Å². The summed E-state index contributed by atoms with van der Waals surface area (Å²) in [5, 5.41) is 2.30. The summed E-state index contributed by atoms with van der Waals surface area (Å²) < 4.78 is 34.4. The number of H-pyrrole nitrogens is 1. The number of nitrogens with zero attached hydrogens (tertiary/aromatic N) is 3. The Morgan fingerprint density at radius 3 is 2.88 bits per heavy atom. The molecule has 1 unspecified atom stereocenters. The van der Waals surface area contributed by atoms with E-state index in [9.17, 15) is 13.2 Å². The number of aromatic nitrogens is 2. The zero-order chi connectivity index (χ0) is 23.2. The first-order chi connectivity index (χ1) is 15.8. The van der Waals surface area contributed by atoms with Gasteiger partial charge >= 0.3 is 0 Å². The van der Waals surface area contributed by atoms with Gasteiger partial charge in [-0.25, -0.2) is 8.42 Å². The molecule has 1 fully saturated rings. The van der Waals surface area contributed by atoms with Crippen LogP contribution in [0.2, 0.25) is 5.02 Å². The van der Waals surface area contributed by atoms with Gasteiger partial charge in [-0.2, -0.15) is 4.31 Å². The number of pyridine rings is 1. The van der Waals surface area contributed by atoms with E-state index in [1.165, 1.54) is 4.31 Å². The number of hydrogen-bond donors (Lipinski definition) is 1. The third kappa shape index (κ3) is 4.24. The molecule has 11 heteroatoms. The Morgan fingerprint density at radius 2 is 2.09 bits per heavy atom. The minimum absolute atomic E-state index is 0.151. The van der Waals surface area contributed by atoms with Crippen molar-refractivity contribution in [3.05, 3.63) is 59.5 Å². The van der Waals surface area contributed by atoms with Gasteiger partial charge in [-0.15, -0.1) is 11.3 Å². The van der Waals surface area contributed by atoms with Crippen molar-refractivity contribution < 1.29 is 17.9 Å². The van der Waals surface area contributed by atoms with Crippen LogP contribution in [-0.2, 0) is 26.1 Å². The molecule has 0 aliphatic carbocycles. The molecule has 1 atom stereocenters. The highest BCUT2D eigenvalue weighted by Crippen LogP contribution is 2.33. The lowest BCUT2D eigenvalue weighted by Crippen LogP contribution is -2.58. The van der Waals surface area contributed by atoms with E-state index >= 15 is 0 Å². The van der Waals surface area contributed by atoms with Crippen LogP contribution in [0.4, 0.5) is 0 Å². The Labute approximate surface area is 199 Å². The molecule has 5 rings (SSSR count). The molecule has 0 bridgehead atoms. The van der Waals surface area contributed by atoms with Gasteiger partial charge in [-0.1, -0.05) is 17.7 Å². The van der Waals surface area contributed by atoms with E-state index in [2.05, 4.69) is 9.97 Å². The number of halogens is 1. The number of amides is 1. The molecule has 8 nitrogen and oxygen atoms in total. The highest BCUT2D eigenvalue weighted by molar-refractivity contribution is 7.91. The second kappa shape index (κ2) is 8.69. The van der Waals surface area contributed by atoms with Crippen LogP contribution in [0.15, 0.2) is 53.0 Å². The van der Waals surface area contributed by atoms with E-state index in [1.807, 2.05) is 12.1 Å². The SMILES string of the molecule is COCC1CN(S(=O)(=O)c2cc3ccc(Cl)cc3s2)CC(=O)N1Cc1cc2cnccc2[nH]1. The van der Waals surface area contributed by atoms with Crippen LogP contribution in [0.3, 0.4) is 0 Å². The molecule has 1 aromatic carbocycles. The van der Waals surface area contributed by atoms with Gasteiger partial charge in [0.2, 0.25) is 5.91 Å². The molecule has 0 spiro atoms. The van der Waals surface area contributed by atoms with Gasteiger partial charge in [0, 0.05) is 52.4 Å². The van der Waals surface area contributed by atoms with Gasteiger partial charge in [0.05, 0.1) is 25.7 Å². The summed E-state index contributed by atoms with van der Waals surface area (Å²) in [6.07, 6.45) is 3.46. The monoisotopic (exact) mass is 504 g/mol. The fourth-order valence-corrected chi connectivity index (χ4v) is 7.37. The molecule has 0 radical (unpaired) electrons. The number of fused-ring (bicyclic) bond motifs is 2. The van der Waals surface area contributed by atoms with Crippen molar-refractivity contribution in [3.63, 3.8) is 0 Å². The zero-order valence-electron chi connectivity index (χ0n) is 17.7. The number of aromatic amines is 1. The predicted molar refractivity (Wildman–Crippen MR) is 128 cm³/mol. The zero-order valence-corrected chi connectivity index (χ0v) is 20.1. The van der Waals surface area contributed by atoms with Crippen molar-refractivity contribution in [2.45, 2.75) is 16.8 Å². The van der Waals surface area contributed by atoms with E-state index < -0.39 is 16.1 Å². The lowest BCUT2D eigenvalue weighted by Gasteiger charge is -2.39. The van der Waals surface area contributed by atoms with Gasteiger partial charge in [0.25, 0.3) is 10.0 Å². The van der Waals surface area contributed by atoms with Crippen LogP contribution in [0.5, 0.6) is 0 Å². The van der Waals surface area contributed by atoms with Crippen molar-refractivity contribution >= 4 is 59.9 Å². The molecule has 4 aromatic rings. The molecule has 33 heavy (non-hydrogen) atoms. The molecular formula is C22H21ClN4O4S2. The Bertz CT molecular complexity index is 1420. The normalized spacial score (nSPS) is 17.9. The van der Waals surface area contributed by atoms with Crippen molar-refractivity contribution in [2.24, 2.45) is 0 Å². The summed E-state index contributed by atoms with van der Waals surface area (Å²) in [5.41, 5.74) is 1.78. The Morgan fingerprint density at radius 1 is 1.24 bits per heavy atom. The molecular weight excluding hydrogens is 484 g/mol. The molecule has 1 aliphatic heterocycles. The van der Waals surface area contributed by atoms with Gasteiger partial charge < -0.3 is 14.6 Å². The highest BCUT2D eigenvalue weighted by atomic mass is 35.5. The van der Waals surface area contributed by atoms with E-state index in [0.717, 1.165) is 38.0 Å². The quantitative estimate of drug-likeness (QED) is 0.433. The maximum atomic E-state index is 13.4. The number of carbonyl (C=O) groups is 1. The number of piperazine rings is 1. The number of hydrogen-bond acceptors (Lipinski definition) is 6. The lowest BCUT2D eigenvalue weighted by atomic mass is 10.2. The Kier molecular flexibility index (Phi) is 5.87. The summed E-state index contributed by atoms with van der Waals surface area (Å²) in [5.74, 6) is -0.271. The fraction of sp³-hybridized carbons (Fsp3) is 0.273. The van der Waals surface area contributed by atoms with E-state index in [4.69, 9.17) is 16.3 Å². The second-order valence-electron chi connectivity index (χ2n) is 7.93. The molecule has 4 heterocycles. The van der Waals surface area contributed by atoms with Crippen molar-refractivity contribution in [3.8, 4) is 0 Å². The first kappa shape index (κ1) is 22.3. The number of carbonyl (C=O) groups excluding carboxylic acids is 1.